The monoisotopic (exact) mass is 300 g/mol. The van der Waals surface area contributed by atoms with Crippen LogP contribution in [0.25, 0.3) is 11.0 Å². The summed E-state index contributed by atoms with van der Waals surface area (Å²) in [6.45, 7) is 2.75. The van der Waals surface area contributed by atoms with Crippen molar-refractivity contribution in [3.8, 4) is 0 Å². The van der Waals surface area contributed by atoms with Gasteiger partial charge in [-0.2, -0.15) is 0 Å². The van der Waals surface area contributed by atoms with Crippen LogP contribution in [0, 0.1) is 5.92 Å². The molecule has 1 atom stereocenters. The van der Waals surface area contributed by atoms with Gasteiger partial charge in [-0.25, -0.2) is 4.98 Å². The van der Waals surface area contributed by atoms with Crippen molar-refractivity contribution in [2.75, 3.05) is 38.7 Å². The smallest absolute Gasteiger partial charge is 0.223 e. The van der Waals surface area contributed by atoms with E-state index >= 15 is 0 Å². The molecule has 2 heterocycles. The Hall–Kier alpha value is -2.21. The summed E-state index contributed by atoms with van der Waals surface area (Å²) in [5.41, 5.74) is 1.76. The maximum Gasteiger partial charge on any atom is 0.223 e. The number of hydrogen-bond acceptors (Lipinski definition) is 5. The first kappa shape index (κ1) is 14.7. The van der Waals surface area contributed by atoms with Crippen LogP contribution in [0.2, 0.25) is 0 Å². The van der Waals surface area contributed by atoms with Gasteiger partial charge < -0.3 is 15.0 Å². The number of ether oxygens (including phenoxy) is 1. The van der Waals surface area contributed by atoms with Gasteiger partial charge in [0.25, 0.3) is 0 Å². The van der Waals surface area contributed by atoms with E-state index in [0.29, 0.717) is 25.5 Å². The minimum atomic E-state index is 0.202. The van der Waals surface area contributed by atoms with E-state index in [4.69, 9.17) is 4.74 Å². The third-order valence-electron chi connectivity index (χ3n) is 3.88. The zero-order chi connectivity index (χ0) is 15.4. The average molecular weight is 300 g/mol. The number of aromatic nitrogens is 2. The SMILES string of the molecule is COCCN1CC(CNc2cnc3ccccc3n2)CC1=O. The Morgan fingerprint density at radius 1 is 1.36 bits per heavy atom. The number of methoxy groups -OCH3 is 1. The van der Waals surface area contributed by atoms with Crippen LogP contribution in [-0.2, 0) is 9.53 Å². The normalized spacial score (nSPS) is 18.1. The summed E-state index contributed by atoms with van der Waals surface area (Å²) in [5, 5.41) is 3.29. The third-order valence-corrected chi connectivity index (χ3v) is 3.88. The Balaban J connectivity index is 1.56. The number of fused-ring (bicyclic) bond motifs is 1. The molecule has 6 nitrogen and oxygen atoms in total. The maximum absolute atomic E-state index is 11.9. The van der Waals surface area contributed by atoms with Crippen LogP contribution < -0.4 is 5.32 Å². The second-order valence-corrected chi connectivity index (χ2v) is 5.53. The summed E-state index contributed by atoms with van der Waals surface area (Å²) in [4.78, 5) is 22.7. The third kappa shape index (κ3) is 3.33. The second kappa shape index (κ2) is 6.70. The highest BCUT2D eigenvalue weighted by atomic mass is 16.5. The maximum atomic E-state index is 11.9. The predicted molar refractivity (Wildman–Crippen MR) is 84.6 cm³/mol. The molecular formula is C16H20N4O2. The zero-order valence-electron chi connectivity index (χ0n) is 12.7. The Labute approximate surface area is 129 Å². The number of benzene rings is 1. The second-order valence-electron chi connectivity index (χ2n) is 5.53. The van der Waals surface area contributed by atoms with Crippen molar-refractivity contribution in [1.29, 1.82) is 0 Å². The summed E-state index contributed by atoms with van der Waals surface area (Å²) in [6.07, 6.45) is 2.32. The van der Waals surface area contributed by atoms with E-state index in [2.05, 4.69) is 15.3 Å². The Morgan fingerprint density at radius 2 is 2.18 bits per heavy atom. The fourth-order valence-corrected chi connectivity index (χ4v) is 2.70. The predicted octanol–water partition coefficient (Wildman–Crippen LogP) is 1.54. The van der Waals surface area contributed by atoms with Gasteiger partial charge in [0.05, 0.1) is 23.8 Å². The van der Waals surface area contributed by atoms with Crippen molar-refractivity contribution in [3.05, 3.63) is 30.5 Å². The molecule has 116 valence electrons. The number of anilines is 1. The number of amides is 1. The lowest BCUT2D eigenvalue weighted by molar-refractivity contribution is -0.128. The Kier molecular flexibility index (Phi) is 4.48. The number of nitrogens with zero attached hydrogens (tertiary/aromatic N) is 3. The van der Waals surface area contributed by atoms with E-state index in [9.17, 15) is 4.79 Å². The first-order valence-corrected chi connectivity index (χ1v) is 7.48. The largest absolute Gasteiger partial charge is 0.383 e. The summed E-state index contributed by atoms with van der Waals surface area (Å²) >= 11 is 0. The number of hydrogen-bond donors (Lipinski definition) is 1. The standard InChI is InChI=1S/C16H20N4O2/c1-22-7-6-20-11-12(8-16(20)21)9-18-15-10-17-13-4-2-3-5-14(13)19-15/h2-5,10,12H,6-9,11H2,1H3,(H,18,19). The van der Waals surface area contributed by atoms with Crippen molar-refractivity contribution in [1.82, 2.24) is 14.9 Å². The van der Waals surface area contributed by atoms with E-state index < -0.39 is 0 Å². The van der Waals surface area contributed by atoms with E-state index in [-0.39, 0.29) is 5.91 Å². The minimum Gasteiger partial charge on any atom is -0.383 e. The highest BCUT2D eigenvalue weighted by Gasteiger charge is 2.28. The molecule has 1 saturated heterocycles. The topological polar surface area (TPSA) is 67.3 Å². The zero-order valence-corrected chi connectivity index (χ0v) is 12.7. The molecule has 1 fully saturated rings. The van der Waals surface area contributed by atoms with E-state index in [0.717, 1.165) is 29.9 Å². The van der Waals surface area contributed by atoms with Crippen molar-refractivity contribution in [2.24, 2.45) is 5.92 Å². The Bertz CT molecular complexity index is 661. The molecule has 6 heteroatoms. The first-order valence-electron chi connectivity index (χ1n) is 7.48. The first-order chi connectivity index (χ1) is 10.8. The molecule has 0 radical (unpaired) electrons. The fourth-order valence-electron chi connectivity index (χ4n) is 2.70. The fraction of sp³-hybridized carbons (Fsp3) is 0.438. The van der Waals surface area contributed by atoms with Crippen LogP contribution in [-0.4, -0.2) is 54.1 Å². The van der Waals surface area contributed by atoms with Crippen LogP contribution in [0.1, 0.15) is 6.42 Å². The molecule has 1 aliphatic heterocycles. The van der Waals surface area contributed by atoms with Gasteiger partial charge in [-0.15, -0.1) is 0 Å². The van der Waals surface area contributed by atoms with E-state index in [1.54, 1.807) is 13.3 Å². The molecule has 1 amide bonds. The molecule has 2 aromatic rings. The molecule has 1 aromatic heterocycles. The molecule has 1 N–H and O–H groups in total. The van der Waals surface area contributed by atoms with E-state index in [1.165, 1.54) is 0 Å². The van der Waals surface area contributed by atoms with Crippen molar-refractivity contribution in [2.45, 2.75) is 6.42 Å². The van der Waals surface area contributed by atoms with Gasteiger partial charge in [-0.1, -0.05) is 12.1 Å². The summed E-state index contributed by atoms with van der Waals surface area (Å²) < 4.78 is 5.03. The quantitative estimate of drug-likeness (QED) is 0.876. The molecular weight excluding hydrogens is 280 g/mol. The number of carbonyl (C=O) groups excluding carboxylic acids is 1. The van der Waals surface area contributed by atoms with Crippen LogP contribution >= 0.6 is 0 Å². The molecule has 1 aromatic carbocycles. The Morgan fingerprint density at radius 3 is 3.00 bits per heavy atom. The number of likely N-dealkylation sites (tertiary alicyclic amines) is 1. The molecule has 22 heavy (non-hydrogen) atoms. The van der Waals surface area contributed by atoms with Gasteiger partial charge in [-0.05, 0) is 12.1 Å². The molecule has 1 unspecified atom stereocenters. The molecule has 3 rings (SSSR count). The molecule has 0 saturated carbocycles. The van der Waals surface area contributed by atoms with Gasteiger partial charge in [0.15, 0.2) is 0 Å². The van der Waals surface area contributed by atoms with Gasteiger partial charge in [0.2, 0.25) is 5.91 Å². The van der Waals surface area contributed by atoms with Crippen molar-refractivity contribution >= 4 is 22.8 Å². The lowest BCUT2D eigenvalue weighted by atomic mass is 10.1. The number of nitrogens with one attached hydrogen (secondary N) is 1. The lowest BCUT2D eigenvalue weighted by Crippen LogP contribution is -2.29. The van der Waals surface area contributed by atoms with Crippen LogP contribution in [0.4, 0.5) is 5.82 Å². The summed E-state index contributed by atoms with van der Waals surface area (Å²) in [5.74, 6) is 1.26. The van der Waals surface area contributed by atoms with Crippen LogP contribution in [0.5, 0.6) is 0 Å². The van der Waals surface area contributed by atoms with Gasteiger partial charge in [0.1, 0.15) is 5.82 Å². The van der Waals surface area contributed by atoms with E-state index in [1.807, 2.05) is 29.2 Å². The molecule has 0 aliphatic carbocycles. The number of para-hydroxylation sites is 2. The van der Waals surface area contributed by atoms with Gasteiger partial charge in [0, 0.05) is 39.1 Å². The van der Waals surface area contributed by atoms with Gasteiger partial charge >= 0.3 is 0 Å². The number of rotatable bonds is 6. The molecule has 0 bridgehead atoms. The van der Waals surface area contributed by atoms with Crippen LogP contribution in [0.3, 0.4) is 0 Å². The summed E-state index contributed by atoms with van der Waals surface area (Å²) in [7, 11) is 1.65. The van der Waals surface area contributed by atoms with Gasteiger partial charge in [-0.3, -0.25) is 9.78 Å². The molecule has 0 spiro atoms. The highest BCUT2D eigenvalue weighted by Crippen LogP contribution is 2.18. The minimum absolute atomic E-state index is 0.202. The average Bonchev–Trinajstić information content (AvgIpc) is 2.91. The van der Waals surface area contributed by atoms with Crippen molar-refractivity contribution < 1.29 is 9.53 Å². The molecule has 1 aliphatic rings. The lowest BCUT2D eigenvalue weighted by Gasteiger charge is -2.16. The summed E-state index contributed by atoms with van der Waals surface area (Å²) in [6, 6.07) is 7.78. The van der Waals surface area contributed by atoms with Crippen molar-refractivity contribution in [3.63, 3.8) is 0 Å². The van der Waals surface area contributed by atoms with Crippen LogP contribution in [0.15, 0.2) is 30.5 Å². The highest BCUT2D eigenvalue weighted by molar-refractivity contribution is 5.78. The number of carbonyl (C=O) groups is 1.